The van der Waals surface area contributed by atoms with Gasteiger partial charge < -0.3 is 10.5 Å². The number of benzene rings is 2. The lowest BCUT2D eigenvalue weighted by Crippen LogP contribution is -2.55. The first kappa shape index (κ1) is 21.6. The number of nitrogens with two attached hydrogens (primary N) is 1. The van der Waals surface area contributed by atoms with Gasteiger partial charge in [-0.15, -0.1) is 0 Å². The molecule has 2 aromatic carbocycles. The van der Waals surface area contributed by atoms with Crippen molar-refractivity contribution in [3.05, 3.63) is 70.2 Å². The standard InChI is InChI=1S/C22H26BrIN2O2/c1-20(2,25)15-22(17-7-5-4-6-8-17)13-14-26(19(27)28-22)21(3,24)16-9-11-18(23)12-10-16/h4-12H,13-15,25H2,1-3H3/t21-,22?/m1/s1. The van der Waals surface area contributed by atoms with Crippen molar-refractivity contribution in [1.29, 1.82) is 0 Å². The molecule has 1 amide bonds. The Morgan fingerprint density at radius 1 is 1.14 bits per heavy atom. The molecule has 2 aromatic rings. The van der Waals surface area contributed by atoms with E-state index in [1.165, 1.54) is 0 Å². The molecule has 1 unspecified atom stereocenters. The molecule has 150 valence electrons. The summed E-state index contributed by atoms with van der Waals surface area (Å²) in [5, 5.41) is 0. The van der Waals surface area contributed by atoms with Crippen LogP contribution in [-0.4, -0.2) is 23.1 Å². The molecule has 3 rings (SSSR count). The molecular weight excluding hydrogens is 531 g/mol. The summed E-state index contributed by atoms with van der Waals surface area (Å²) in [7, 11) is 0. The van der Waals surface area contributed by atoms with Crippen molar-refractivity contribution in [3.63, 3.8) is 0 Å². The molecule has 1 aliphatic heterocycles. The largest absolute Gasteiger partial charge is 0.438 e. The molecular formula is C22H26BrIN2O2. The van der Waals surface area contributed by atoms with E-state index in [-0.39, 0.29) is 6.09 Å². The number of halogens is 2. The average molecular weight is 557 g/mol. The number of carbonyl (C=O) groups is 1. The van der Waals surface area contributed by atoms with Crippen LogP contribution in [0.1, 0.15) is 44.7 Å². The molecule has 6 heteroatoms. The monoisotopic (exact) mass is 556 g/mol. The van der Waals surface area contributed by atoms with Gasteiger partial charge in [-0.25, -0.2) is 4.79 Å². The second-order valence-electron chi connectivity index (χ2n) is 8.26. The van der Waals surface area contributed by atoms with E-state index in [0.717, 1.165) is 15.6 Å². The summed E-state index contributed by atoms with van der Waals surface area (Å²) in [5.74, 6) is 0. The number of cyclic esters (lactones) is 1. The SMILES string of the molecule is CC(C)(N)CC1(c2ccccc2)CCN([C@@](C)(I)c2ccc(Br)cc2)C(=O)O1. The molecule has 1 fully saturated rings. The van der Waals surface area contributed by atoms with Gasteiger partial charge in [-0.05, 0) is 66.6 Å². The van der Waals surface area contributed by atoms with E-state index in [9.17, 15) is 4.79 Å². The smallest absolute Gasteiger partial charge is 0.412 e. The minimum Gasteiger partial charge on any atom is -0.438 e. The van der Waals surface area contributed by atoms with Crippen LogP contribution in [0.4, 0.5) is 4.79 Å². The third-order valence-corrected chi connectivity index (χ3v) is 6.90. The Bertz CT molecular complexity index is 834. The molecule has 1 heterocycles. The molecule has 2 N–H and O–H groups in total. The van der Waals surface area contributed by atoms with Crippen molar-refractivity contribution < 1.29 is 9.53 Å². The fraction of sp³-hybridized carbons (Fsp3) is 0.409. The summed E-state index contributed by atoms with van der Waals surface area (Å²) >= 11 is 5.80. The van der Waals surface area contributed by atoms with Crippen LogP contribution in [0.3, 0.4) is 0 Å². The zero-order valence-electron chi connectivity index (χ0n) is 16.4. The maximum Gasteiger partial charge on any atom is 0.412 e. The second-order valence-corrected chi connectivity index (χ2v) is 11.3. The van der Waals surface area contributed by atoms with E-state index in [2.05, 4.69) is 38.5 Å². The molecule has 0 spiro atoms. The van der Waals surface area contributed by atoms with Gasteiger partial charge in [0.2, 0.25) is 0 Å². The minimum absolute atomic E-state index is 0.306. The zero-order valence-corrected chi connectivity index (χ0v) is 20.2. The van der Waals surface area contributed by atoms with Crippen LogP contribution in [-0.2, 0) is 13.9 Å². The number of alkyl halides is 1. The normalized spacial score (nSPS) is 22.5. The van der Waals surface area contributed by atoms with Crippen LogP contribution >= 0.6 is 38.5 Å². The Hall–Kier alpha value is -1.12. The van der Waals surface area contributed by atoms with Crippen LogP contribution in [0.2, 0.25) is 0 Å². The molecule has 28 heavy (non-hydrogen) atoms. The lowest BCUT2D eigenvalue weighted by molar-refractivity contribution is -0.0756. The van der Waals surface area contributed by atoms with Crippen molar-refractivity contribution in [1.82, 2.24) is 4.90 Å². The van der Waals surface area contributed by atoms with Gasteiger partial charge in [0, 0.05) is 29.4 Å². The number of amides is 1. The molecule has 1 aliphatic rings. The number of nitrogens with zero attached hydrogens (tertiary/aromatic N) is 1. The third kappa shape index (κ3) is 4.54. The Balaban J connectivity index is 1.91. The van der Waals surface area contributed by atoms with Crippen molar-refractivity contribution in [3.8, 4) is 0 Å². The Morgan fingerprint density at radius 2 is 1.75 bits per heavy atom. The van der Waals surface area contributed by atoms with Gasteiger partial charge in [0.15, 0.2) is 0 Å². The number of rotatable bonds is 5. The van der Waals surface area contributed by atoms with Crippen molar-refractivity contribution in [2.24, 2.45) is 5.73 Å². The summed E-state index contributed by atoms with van der Waals surface area (Å²) in [4.78, 5) is 15.0. The predicted octanol–water partition coefficient (Wildman–Crippen LogP) is 5.92. The Morgan fingerprint density at radius 3 is 2.29 bits per heavy atom. The molecule has 0 aromatic heterocycles. The highest BCUT2D eigenvalue weighted by atomic mass is 127. The first-order chi connectivity index (χ1) is 13.0. The lowest BCUT2D eigenvalue weighted by Gasteiger charge is -2.48. The fourth-order valence-electron chi connectivity index (χ4n) is 3.86. The highest BCUT2D eigenvalue weighted by molar-refractivity contribution is 14.1. The van der Waals surface area contributed by atoms with Gasteiger partial charge in [0.1, 0.15) is 9.15 Å². The number of ether oxygens (including phenoxy) is 1. The van der Waals surface area contributed by atoms with E-state index >= 15 is 0 Å². The third-order valence-electron chi connectivity index (χ3n) is 5.16. The minimum atomic E-state index is -0.709. The van der Waals surface area contributed by atoms with Gasteiger partial charge in [-0.1, -0.05) is 58.4 Å². The molecule has 2 atom stereocenters. The highest BCUT2D eigenvalue weighted by Crippen LogP contribution is 2.45. The van der Waals surface area contributed by atoms with Gasteiger partial charge in [0.25, 0.3) is 0 Å². The summed E-state index contributed by atoms with van der Waals surface area (Å²) < 4.78 is 6.68. The van der Waals surface area contributed by atoms with Crippen LogP contribution in [0.5, 0.6) is 0 Å². The molecule has 1 saturated heterocycles. The molecule has 0 saturated carbocycles. The molecule has 0 bridgehead atoms. The summed E-state index contributed by atoms with van der Waals surface area (Å²) in [5.41, 5.74) is 7.24. The molecule has 0 aliphatic carbocycles. The van der Waals surface area contributed by atoms with Crippen molar-refractivity contribution in [2.45, 2.75) is 48.3 Å². The second kappa shape index (κ2) is 7.95. The van der Waals surface area contributed by atoms with Gasteiger partial charge in [-0.3, -0.25) is 4.90 Å². The number of hydrogen-bond acceptors (Lipinski definition) is 3. The van der Waals surface area contributed by atoms with E-state index in [1.807, 2.05) is 80.3 Å². The van der Waals surface area contributed by atoms with Crippen LogP contribution < -0.4 is 5.73 Å². The van der Waals surface area contributed by atoms with Gasteiger partial charge >= 0.3 is 6.09 Å². The maximum atomic E-state index is 13.2. The van der Waals surface area contributed by atoms with Crippen LogP contribution in [0.25, 0.3) is 0 Å². The Labute approximate surface area is 189 Å². The summed E-state index contributed by atoms with van der Waals surface area (Å²) in [6.07, 6.45) is 0.956. The van der Waals surface area contributed by atoms with E-state index in [4.69, 9.17) is 10.5 Å². The quantitative estimate of drug-likeness (QED) is 0.282. The maximum absolute atomic E-state index is 13.2. The van der Waals surface area contributed by atoms with Crippen LogP contribution in [0.15, 0.2) is 59.1 Å². The lowest BCUT2D eigenvalue weighted by atomic mass is 9.79. The average Bonchev–Trinajstić information content (AvgIpc) is 2.61. The topological polar surface area (TPSA) is 55.6 Å². The van der Waals surface area contributed by atoms with E-state index < -0.39 is 14.7 Å². The zero-order chi connectivity index (χ0) is 20.6. The van der Waals surface area contributed by atoms with Gasteiger partial charge in [0.05, 0.1) is 0 Å². The van der Waals surface area contributed by atoms with Gasteiger partial charge in [-0.2, -0.15) is 0 Å². The fourth-order valence-corrected chi connectivity index (χ4v) is 4.92. The first-order valence-electron chi connectivity index (χ1n) is 9.34. The van der Waals surface area contributed by atoms with E-state index in [0.29, 0.717) is 19.4 Å². The van der Waals surface area contributed by atoms with Crippen LogP contribution in [0, 0.1) is 0 Å². The highest BCUT2D eigenvalue weighted by Gasteiger charge is 2.48. The molecule has 0 radical (unpaired) electrons. The van der Waals surface area contributed by atoms with E-state index in [1.54, 1.807) is 0 Å². The first-order valence-corrected chi connectivity index (χ1v) is 11.2. The summed E-state index contributed by atoms with van der Waals surface area (Å²) in [6, 6.07) is 18.0. The number of hydrogen-bond donors (Lipinski definition) is 1. The van der Waals surface area contributed by atoms with Crippen molar-refractivity contribution >= 4 is 44.6 Å². The molecule has 4 nitrogen and oxygen atoms in total. The summed E-state index contributed by atoms with van der Waals surface area (Å²) in [6.45, 7) is 6.59. The van der Waals surface area contributed by atoms with Crippen molar-refractivity contribution in [2.75, 3.05) is 6.54 Å². The predicted molar refractivity (Wildman–Crippen MR) is 124 cm³/mol. The number of carbonyl (C=O) groups excluding carboxylic acids is 1. The Kier molecular flexibility index (Phi) is 6.13.